The molecule has 0 aromatic heterocycles. The lowest BCUT2D eigenvalue weighted by Crippen LogP contribution is -2.31. The Morgan fingerprint density at radius 2 is 1.70 bits per heavy atom. The second-order valence-corrected chi connectivity index (χ2v) is 6.15. The molecule has 30 heavy (non-hydrogen) atoms. The highest BCUT2D eigenvalue weighted by molar-refractivity contribution is 5.77. The molecule has 164 valence electrons. The second-order valence-electron chi connectivity index (χ2n) is 6.15. The van der Waals surface area contributed by atoms with Gasteiger partial charge >= 0.3 is 12.8 Å². The highest BCUT2D eigenvalue weighted by Crippen LogP contribution is 2.31. The van der Waals surface area contributed by atoms with Crippen molar-refractivity contribution in [2.24, 2.45) is 0 Å². The summed E-state index contributed by atoms with van der Waals surface area (Å²) in [5.41, 5.74) is -0.215. The third kappa shape index (κ3) is 6.78. The zero-order valence-corrected chi connectivity index (χ0v) is 16.2. The van der Waals surface area contributed by atoms with Crippen LogP contribution in [0.2, 0.25) is 0 Å². The van der Waals surface area contributed by atoms with Gasteiger partial charge < -0.3 is 19.1 Å². The molecule has 0 fully saturated rings. The van der Waals surface area contributed by atoms with Crippen molar-refractivity contribution in [2.45, 2.75) is 26.3 Å². The number of amides is 1. The van der Waals surface area contributed by atoms with Gasteiger partial charge in [0, 0.05) is 13.6 Å². The number of alkyl halides is 5. The number of hydrogen-bond acceptors (Lipinski definition) is 4. The molecule has 10 heteroatoms. The van der Waals surface area contributed by atoms with Crippen LogP contribution in [0.4, 0.5) is 22.0 Å². The predicted molar refractivity (Wildman–Crippen MR) is 97.7 cm³/mol. The van der Waals surface area contributed by atoms with Crippen LogP contribution in [0.1, 0.15) is 18.1 Å². The van der Waals surface area contributed by atoms with Gasteiger partial charge in [-0.25, -0.2) is 0 Å². The Hall–Kier alpha value is -3.04. The van der Waals surface area contributed by atoms with E-state index < -0.39 is 24.3 Å². The fourth-order valence-corrected chi connectivity index (χ4v) is 2.47. The van der Waals surface area contributed by atoms with Gasteiger partial charge in [-0.15, -0.1) is 0 Å². The molecule has 0 saturated heterocycles. The number of likely N-dealkylation sites (N-methyl/N-ethyl adjacent to an activating group) is 1. The van der Waals surface area contributed by atoms with Gasteiger partial charge in [-0.05, 0) is 48.9 Å². The fourth-order valence-electron chi connectivity index (χ4n) is 2.47. The summed E-state index contributed by atoms with van der Waals surface area (Å²) < 4.78 is 77.5. The first-order chi connectivity index (χ1) is 14.1. The maximum Gasteiger partial charge on any atom is 0.416 e. The smallest absolute Gasteiger partial charge is 0.416 e. The fraction of sp³-hybridized carbons (Fsp3) is 0.350. The number of rotatable bonds is 9. The van der Waals surface area contributed by atoms with E-state index in [0.29, 0.717) is 5.56 Å². The molecule has 2 aromatic carbocycles. The van der Waals surface area contributed by atoms with Crippen LogP contribution >= 0.6 is 0 Å². The van der Waals surface area contributed by atoms with Crippen LogP contribution in [0.25, 0.3) is 0 Å². The zero-order valence-electron chi connectivity index (χ0n) is 16.2. The molecule has 5 nitrogen and oxygen atoms in total. The Morgan fingerprint density at radius 1 is 1.03 bits per heavy atom. The molecule has 2 rings (SSSR count). The van der Waals surface area contributed by atoms with Crippen molar-refractivity contribution in [2.75, 3.05) is 20.3 Å². The summed E-state index contributed by atoms with van der Waals surface area (Å²) in [5.74, 6) is -0.301. The molecule has 0 heterocycles. The SMILES string of the molecule is CCOc1cc(CN(C)C(=O)COc2ccc(C(F)(F)F)cc2)ccc1OC(F)F. The number of carbonyl (C=O) groups excluding carboxylic acids is 1. The van der Waals surface area contributed by atoms with Crippen molar-refractivity contribution < 1.29 is 41.0 Å². The van der Waals surface area contributed by atoms with Crippen LogP contribution in [-0.4, -0.2) is 37.7 Å². The van der Waals surface area contributed by atoms with Crippen LogP contribution in [0, 0.1) is 0 Å². The lowest BCUT2D eigenvalue weighted by Gasteiger charge is -2.19. The van der Waals surface area contributed by atoms with Gasteiger partial charge in [0.25, 0.3) is 5.91 Å². The number of ether oxygens (including phenoxy) is 3. The number of halogens is 5. The van der Waals surface area contributed by atoms with Crippen LogP contribution in [0.15, 0.2) is 42.5 Å². The van der Waals surface area contributed by atoms with Gasteiger partial charge in [-0.3, -0.25) is 4.79 Å². The van der Waals surface area contributed by atoms with Crippen LogP contribution in [-0.2, 0) is 17.5 Å². The number of hydrogen-bond donors (Lipinski definition) is 0. The quantitative estimate of drug-likeness (QED) is 0.536. The van der Waals surface area contributed by atoms with Gasteiger partial charge in [0.15, 0.2) is 18.1 Å². The van der Waals surface area contributed by atoms with Crippen molar-refractivity contribution in [3.05, 3.63) is 53.6 Å². The Morgan fingerprint density at radius 3 is 2.27 bits per heavy atom. The van der Waals surface area contributed by atoms with Gasteiger partial charge in [0.05, 0.1) is 12.2 Å². The largest absolute Gasteiger partial charge is 0.490 e. The summed E-state index contributed by atoms with van der Waals surface area (Å²) in [7, 11) is 1.50. The summed E-state index contributed by atoms with van der Waals surface area (Å²) in [4.78, 5) is 13.6. The molecule has 0 aliphatic heterocycles. The molecule has 0 N–H and O–H groups in total. The van der Waals surface area contributed by atoms with Crippen molar-refractivity contribution in [1.82, 2.24) is 4.90 Å². The minimum Gasteiger partial charge on any atom is -0.490 e. The molecule has 0 saturated carbocycles. The zero-order chi connectivity index (χ0) is 22.3. The van der Waals surface area contributed by atoms with E-state index in [2.05, 4.69) is 4.74 Å². The summed E-state index contributed by atoms with van der Waals surface area (Å²) >= 11 is 0. The standard InChI is InChI=1S/C20H20F5NO4/c1-3-28-17-10-13(4-9-16(17)30-19(21)22)11-26(2)18(27)12-29-15-7-5-14(6-8-15)20(23,24)25/h4-10,19H,3,11-12H2,1-2H3. The topological polar surface area (TPSA) is 48.0 Å². The van der Waals surface area contributed by atoms with Gasteiger partial charge in [0.2, 0.25) is 0 Å². The Balaban J connectivity index is 1.95. The lowest BCUT2D eigenvalue weighted by atomic mass is 10.2. The van der Waals surface area contributed by atoms with E-state index >= 15 is 0 Å². The third-order valence-corrected chi connectivity index (χ3v) is 3.91. The Labute approximate surface area is 169 Å². The van der Waals surface area contributed by atoms with E-state index in [-0.39, 0.29) is 37.0 Å². The number of benzene rings is 2. The van der Waals surface area contributed by atoms with E-state index in [0.717, 1.165) is 24.3 Å². The van der Waals surface area contributed by atoms with Crippen molar-refractivity contribution in [3.63, 3.8) is 0 Å². The molecule has 0 atom stereocenters. The van der Waals surface area contributed by atoms with Crippen molar-refractivity contribution in [3.8, 4) is 17.2 Å². The van der Waals surface area contributed by atoms with Crippen molar-refractivity contribution in [1.29, 1.82) is 0 Å². The third-order valence-electron chi connectivity index (χ3n) is 3.91. The van der Waals surface area contributed by atoms with E-state index in [1.165, 1.54) is 30.1 Å². The summed E-state index contributed by atoms with van der Waals surface area (Å²) in [5, 5.41) is 0. The molecule has 0 aliphatic carbocycles. The van der Waals surface area contributed by atoms with Gasteiger partial charge in [0.1, 0.15) is 5.75 Å². The Kier molecular flexibility index (Phi) is 7.85. The maximum atomic E-state index is 12.6. The number of carbonyl (C=O) groups is 1. The summed E-state index contributed by atoms with van der Waals surface area (Å²) in [6.45, 7) is -1.33. The normalized spacial score (nSPS) is 11.3. The minimum absolute atomic E-state index is 0.116. The molecule has 0 bridgehead atoms. The number of nitrogens with zero attached hydrogens (tertiary/aromatic N) is 1. The minimum atomic E-state index is -4.45. The van der Waals surface area contributed by atoms with Crippen molar-refractivity contribution >= 4 is 5.91 Å². The average Bonchev–Trinajstić information content (AvgIpc) is 2.67. The molecular weight excluding hydrogens is 413 g/mol. The summed E-state index contributed by atoms with van der Waals surface area (Å²) in [6, 6.07) is 8.31. The molecule has 0 radical (unpaired) electrons. The van der Waals surface area contributed by atoms with Crippen LogP contribution in [0.3, 0.4) is 0 Å². The first-order valence-corrected chi connectivity index (χ1v) is 8.84. The van der Waals surface area contributed by atoms with E-state index in [1.54, 1.807) is 6.92 Å². The van der Waals surface area contributed by atoms with E-state index in [1.807, 2.05) is 0 Å². The molecule has 2 aromatic rings. The highest BCUT2D eigenvalue weighted by Gasteiger charge is 2.30. The molecule has 1 amide bonds. The average molecular weight is 433 g/mol. The van der Waals surface area contributed by atoms with E-state index in [9.17, 15) is 26.7 Å². The van der Waals surface area contributed by atoms with Gasteiger partial charge in [-0.2, -0.15) is 22.0 Å². The second kappa shape index (κ2) is 10.1. The van der Waals surface area contributed by atoms with Gasteiger partial charge in [-0.1, -0.05) is 6.07 Å². The van der Waals surface area contributed by atoms with E-state index in [4.69, 9.17) is 9.47 Å². The molecule has 0 aliphatic rings. The van der Waals surface area contributed by atoms with Crippen LogP contribution in [0.5, 0.6) is 17.2 Å². The molecule has 0 spiro atoms. The monoisotopic (exact) mass is 433 g/mol. The first kappa shape index (κ1) is 23.2. The molecule has 0 unspecified atom stereocenters. The lowest BCUT2D eigenvalue weighted by molar-refractivity contribution is -0.137. The maximum absolute atomic E-state index is 12.6. The molecular formula is C20H20F5NO4. The Bertz CT molecular complexity index is 840. The summed E-state index contributed by atoms with van der Waals surface area (Å²) in [6.07, 6.45) is -4.45. The van der Waals surface area contributed by atoms with Crippen LogP contribution < -0.4 is 14.2 Å². The predicted octanol–water partition coefficient (Wildman–Crippen LogP) is 4.74. The first-order valence-electron chi connectivity index (χ1n) is 8.84. The highest BCUT2D eigenvalue weighted by atomic mass is 19.4.